The predicted octanol–water partition coefficient (Wildman–Crippen LogP) is 1.06. The number of aromatic nitrogens is 1. The number of nitrogens with zero attached hydrogens (tertiary/aromatic N) is 2. The van der Waals surface area contributed by atoms with Crippen molar-refractivity contribution in [3.05, 3.63) is 23.9 Å². The Morgan fingerprint density at radius 1 is 1.41 bits per heavy atom. The molecule has 0 bridgehead atoms. The molecular formula is C16H22N4O2. The van der Waals surface area contributed by atoms with Gasteiger partial charge in [-0.15, -0.1) is 0 Å². The maximum atomic E-state index is 12.4. The van der Waals surface area contributed by atoms with E-state index in [0.717, 1.165) is 31.4 Å². The largest absolute Gasteiger partial charge is 0.340 e. The van der Waals surface area contributed by atoms with Crippen LogP contribution in [0.4, 0.5) is 5.82 Å². The van der Waals surface area contributed by atoms with Gasteiger partial charge in [0.15, 0.2) is 0 Å². The van der Waals surface area contributed by atoms with Crippen LogP contribution in [0.5, 0.6) is 0 Å². The molecule has 1 aliphatic carbocycles. The number of hydrogen-bond donors (Lipinski definition) is 2. The summed E-state index contributed by atoms with van der Waals surface area (Å²) in [6, 6.07) is 5.52. The molecule has 1 saturated carbocycles. The zero-order chi connectivity index (χ0) is 15.7. The number of amides is 2. The molecule has 6 nitrogen and oxygen atoms in total. The number of aryl methyl sites for hydroxylation is 1. The van der Waals surface area contributed by atoms with Gasteiger partial charge in [-0.05, 0) is 44.7 Å². The van der Waals surface area contributed by atoms with Crippen molar-refractivity contribution in [2.24, 2.45) is 11.7 Å². The lowest BCUT2D eigenvalue weighted by atomic mass is 9.96. The Bertz CT molecular complexity index is 598. The Morgan fingerprint density at radius 2 is 2.18 bits per heavy atom. The van der Waals surface area contributed by atoms with Gasteiger partial charge >= 0.3 is 0 Å². The molecule has 1 aliphatic heterocycles. The molecule has 1 unspecified atom stereocenters. The molecule has 1 aromatic rings. The minimum Gasteiger partial charge on any atom is -0.340 e. The molecule has 0 radical (unpaired) electrons. The van der Waals surface area contributed by atoms with E-state index in [1.165, 1.54) is 0 Å². The van der Waals surface area contributed by atoms with Gasteiger partial charge in [0.2, 0.25) is 11.8 Å². The molecule has 2 aliphatic rings. The number of nitrogens with two attached hydrogens (primary N) is 1. The summed E-state index contributed by atoms with van der Waals surface area (Å²) in [5.41, 5.74) is 6.18. The Balaban J connectivity index is 1.61. The highest BCUT2D eigenvalue weighted by molar-refractivity contribution is 5.93. The van der Waals surface area contributed by atoms with E-state index in [4.69, 9.17) is 5.73 Å². The minimum absolute atomic E-state index is 0.00122. The summed E-state index contributed by atoms with van der Waals surface area (Å²) in [5, 5.41) is 2.85. The Labute approximate surface area is 130 Å². The van der Waals surface area contributed by atoms with Crippen LogP contribution in [0.2, 0.25) is 0 Å². The lowest BCUT2D eigenvalue weighted by Crippen LogP contribution is -2.51. The molecule has 2 heterocycles. The van der Waals surface area contributed by atoms with Crippen molar-refractivity contribution in [3.63, 3.8) is 0 Å². The highest BCUT2D eigenvalue weighted by Crippen LogP contribution is 2.35. The lowest BCUT2D eigenvalue weighted by Gasteiger charge is -2.33. The summed E-state index contributed by atoms with van der Waals surface area (Å²) >= 11 is 0. The normalized spacial score (nSPS) is 23.0. The number of rotatable bonds is 3. The van der Waals surface area contributed by atoms with E-state index in [9.17, 15) is 9.59 Å². The van der Waals surface area contributed by atoms with E-state index in [-0.39, 0.29) is 17.7 Å². The number of hydrogen-bond acceptors (Lipinski definition) is 4. The van der Waals surface area contributed by atoms with Crippen LogP contribution in [0.1, 0.15) is 31.4 Å². The van der Waals surface area contributed by atoms with Crippen LogP contribution >= 0.6 is 0 Å². The summed E-state index contributed by atoms with van der Waals surface area (Å²) in [6.45, 7) is 3.03. The summed E-state index contributed by atoms with van der Waals surface area (Å²) in [7, 11) is 0. The third kappa shape index (κ3) is 3.11. The highest BCUT2D eigenvalue weighted by Gasteiger charge is 2.49. The van der Waals surface area contributed by atoms with Crippen LogP contribution in [0.25, 0.3) is 0 Å². The van der Waals surface area contributed by atoms with Gasteiger partial charge in [-0.1, -0.05) is 6.07 Å². The number of piperidine rings is 1. The average Bonchev–Trinajstić information content (AvgIpc) is 3.26. The molecule has 1 aromatic heterocycles. The van der Waals surface area contributed by atoms with Gasteiger partial charge in [-0.2, -0.15) is 0 Å². The van der Waals surface area contributed by atoms with E-state index in [2.05, 4.69) is 10.3 Å². The minimum atomic E-state index is -0.656. The van der Waals surface area contributed by atoms with Crippen LogP contribution < -0.4 is 11.1 Å². The molecule has 118 valence electrons. The zero-order valence-electron chi connectivity index (χ0n) is 12.8. The first-order valence-corrected chi connectivity index (χ1v) is 7.81. The molecule has 1 atom stereocenters. The van der Waals surface area contributed by atoms with Gasteiger partial charge in [0.1, 0.15) is 5.82 Å². The average molecular weight is 302 g/mol. The van der Waals surface area contributed by atoms with Gasteiger partial charge < -0.3 is 16.0 Å². The molecule has 3 rings (SSSR count). The van der Waals surface area contributed by atoms with Gasteiger partial charge in [-0.3, -0.25) is 9.59 Å². The molecule has 0 spiro atoms. The fraction of sp³-hybridized carbons (Fsp3) is 0.562. The van der Waals surface area contributed by atoms with Crippen molar-refractivity contribution in [2.45, 2.75) is 38.1 Å². The Kier molecular flexibility index (Phi) is 3.87. The SMILES string of the molecule is Cc1cccc(NC(=O)C2CCCN(C(=O)C3(N)CC3)C2)n1. The van der Waals surface area contributed by atoms with Crippen molar-refractivity contribution >= 4 is 17.6 Å². The van der Waals surface area contributed by atoms with Crippen LogP contribution in [0, 0.1) is 12.8 Å². The molecule has 3 N–H and O–H groups in total. The maximum absolute atomic E-state index is 12.4. The van der Waals surface area contributed by atoms with Crippen molar-refractivity contribution in [1.29, 1.82) is 0 Å². The smallest absolute Gasteiger partial charge is 0.242 e. The first-order chi connectivity index (χ1) is 10.5. The van der Waals surface area contributed by atoms with Crippen molar-refractivity contribution in [3.8, 4) is 0 Å². The molecule has 22 heavy (non-hydrogen) atoms. The van der Waals surface area contributed by atoms with Gasteiger partial charge in [0.25, 0.3) is 0 Å². The first kappa shape index (κ1) is 15.0. The fourth-order valence-electron chi connectivity index (χ4n) is 2.88. The number of carbonyl (C=O) groups excluding carboxylic acids is 2. The predicted molar refractivity (Wildman–Crippen MR) is 83.1 cm³/mol. The van der Waals surface area contributed by atoms with Crippen LogP contribution in [0.15, 0.2) is 18.2 Å². The van der Waals surface area contributed by atoms with E-state index in [1.807, 2.05) is 19.1 Å². The summed E-state index contributed by atoms with van der Waals surface area (Å²) in [6.07, 6.45) is 3.14. The van der Waals surface area contributed by atoms with E-state index >= 15 is 0 Å². The quantitative estimate of drug-likeness (QED) is 0.874. The first-order valence-electron chi connectivity index (χ1n) is 7.81. The molecule has 2 fully saturated rings. The number of pyridine rings is 1. The van der Waals surface area contributed by atoms with E-state index in [0.29, 0.717) is 18.9 Å². The van der Waals surface area contributed by atoms with E-state index < -0.39 is 5.54 Å². The maximum Gasteiger partial charge on any atom is 0.242 e. The number of carbonyl (C=O) groups is 2. The lowest BCUT2D eigenvalue weighted by molar-refractivity contribution is -0.136. The van der Waals surface area contributed by atoms with Crippen molar-refractivity contribution < 1.29 is 9.59 Å². The molecular weight excluding hydrogens is 280 g/mol. The second-order valence-electron chi connectivity index (χ2n) is 6.40. The third-order valence-electron chi connectivity index (χ3n) is 4.43. The summed E-state index contributed by atoms with van der Waals surface area (Å²) < 4.78 is 0. The van der Waals surface area contributed by atoms with Crippen LogP contribution in [-0.4, -0.2) is 40.3 Å². The number of nitrogens with one attached hydrogen (secondary N) is 1. The monoisotopic (exact) mass is 302 g/mol. The molecule has 1 saturated heterocycles. The van der Waals surface area contributed by atoms with Gasteiger partial charge in [0, 0.05) is 18.8 Å². The van der Waals surface area contributed by atoms with Gasteiger partial charge in [-0.25, -0.2) is 4.98 Å². The van der Waals surface area contributed by atoms with Crippen molar-refractivity contribution in [2.75, 3.05) is 18.4 Å². The second-order valence-corrected chi connectivity index (χ2v) is 6.40. The van der Waals surface area contributed by atoms with Crippen LogP contribution in [-0.2, 0) is 9.59 Å². The Hall–Kier alpha value is -1.95. The molecule has 6 heteroatoms. The zero-order valence-corrected chi connectivity index (χ0v) is 12.8. The van der Waals surface area contributed by atoms with Crippen LogP contribution in [0.3, 0.4) is 0 Å². The third-order valence-corrected chi connectivity index (χ3v) is 4.43. The number of likely N-dealkylation sites (tertiary alicyclic amines) is 1. The highest BCUT2D eigenvalue weighted by atomic mass is 16.2. The number of anilines is 1. The Morgan fingerprint density at radius 3 is 2.86 bits per heavy atom. The second kappa shape index (κ2) is 5.68. The fourth-order valence-corrected chi connectivity index (χ4v) is 2.88. The topological polar surface area (TPSA) is 88.3 Å². The summed E-state index contributed by atoms with van der Waals surface area (Å²) in [5.74, 6) is 0.296. The molecule has 2 amide bonds. The molecule has 0 aromatic carbocycles. The summed E-state index contributed by atoms with van der Waals surface area (Å²) in [4.78, 5) is 30.7. The standard InChI is InChI=1S/C16H22N4O2/c1-11-4-2-6-13(18-11)19-14(21)12-5-3-9-20(10-12)15(22)16(17)7-8-16/h2,4,6,12H,3,5,7-10,17H2,1H3,(H,18,19,21). The van der Waals surface area contributed by atoms with Gasteiger partial charge in [0.05, 0.1) is 11.5 Å². The van der Waals surface area contributed by atoms with E-state index in [1.54, 1.807) is 11.0 Å². The van der Waals surface area contributed by atoms with Crippen molar-refractivity contribution in [1.82, 2.24) is 9.88 Å².